The fourth-order valence-corrected chi connectivity index (χ4v) is 4.89. The van der Waals surface area contributed by atoms with Crippen LogP contribution >= 0.6 is 0 Å². The van der Waals surface area contributed by atoms with E-state index in [4.69, 9.17) is 9.47 Å². The molecule has 2 aliphatic carbocycles. The van der Waals surface area contributed by atoms with Crippen molar-refractivity contribution in [1.29, 1.82) is 0 Å². The van der Waals surface area contributed by atoms with Gasteiger partial charge >= 0.3 is 6.09 Å². The van der Waals surface area contributed by atoms with E-state index in [1.54, 1.807) is 0 Å². The van der Waals surface area contributed by atoms with Gasteiger partial charge in [0.2, 0.25) is 0 Å². The maximum absolute atomic E-state index is 11.4. The highest BCUT2D eigenvalue weighted by Crippen LogP contribution is 2.43. The van der Waals surface area contributed by atoms with Crippen molar-refractivity contribution < 1.29 is 14.3 Å². The Kier molecular flexibility index (Phi) is 5.21. The number of carbonyl (C=O) groups excluding carboxylic acids is 1. The summed E-state index contributed by atoms with van der Waals surface area (Å²) in [5, 5.41) is 3.05. The third-order valence-corrected chi connectivity index (χ3v) is 6.48. The smallest absolute Gasteiger partial charge is 0.407 e. The lowest BCUT2D eigenvalue weighted by Crippen LogP contribution is -2.40. The van der Waals surface area contributed by atoms with Crippen LogP contribution in [0.25, 0.3) is 0 Å². The number of benzene rings is 1. The van der Waals surface area contributed by atoms with Gasteiger partial charge in [0.25, 0.3) is 0 Å². The summed E-state index contributed by atoms with van der Waals surface area (Å²) in [5.41, 5.74) is 4.37. The van der Waals surface area contributed by atoms with E-state index in [1.807, 2.05) is 0 Å². The van der Waals surface area contributed by atoms with Crippen LogP contribution in [0.15, 0.2) is 18.2 Å². The summed E-state index contributed by atoms with van der Waals surface area (Å²) in [5.74, 6) is 1.21. The van der Waals surface area contributed by atoms with E-state index in [-0.39, 0.29) is 11.6 Å². The number of carbonyl (C=O) groups is 1. The van der Waals surface area contributed by atoms with Crippen molar-refractivity contribution in [2.75, 3.05) is 19.8 Å². The fourth-order valence-electron chi connectivity index (χ4n) is 4.89. The van der Waals surface area contributed by atoms with E-state index in [0.717, 1.165) is 38.9 Å². The number of cyclic esters (lactones) is 1. The van der Waals surface area contributed by atoms with Gasteiger partial charge in [-0.1, -0.05) is 31.5 Å². The van der Waals surface area contributed by atoms with Crippen molar-refractivity contribution in [3.8, 4) is 0 Å². The van der Waals surface area contributed by atoms with Gasteiger partial charge in [-0.15, -0.1) is 0 Å². The molecule has 1 heterocycles. The molecule has 142 valence electrons. The van der Waals surface area contributed by atoms with Crippen molar-refractivity contribution in [2.45, 2.75) is 69.7 Å². The zero-order valence-corrected chi connectivity index (χ0v) is 15.9. The summed E-state index contributed by atoms with van der Waals surface area (Å²) < 4.78 is 11.0. The third kappa shape index (κ3) is 3.75. The highest BCUT2D eigenvalue weighted by molar-refractivity contribution is 5.70. The minimum absolute atomic E-state index is 0.113. The Labute approximate surface area is 156 Å². The first-order valence-electron chi connectivity index (χ1n) is 10.3. The molecule has 26 heavy (non-hydrogen) atoms. The molecule has 1 aromatic carbocycles. The second-order valence-corrected chi connectivity index (χ2v) is 8.49. The van der Waals surface area contributed by atoms with Crippen LogP contribution in [-0.2, 0) is 22.3 Å². The van der Waals surface area contributed by atoms with Gasteiger partial charge in [0, 0.05) is 13.2 Å². The Morgan fingerprint density at radius 3 is 3.04 bits per heavy atom. The second kappa shape index (κ2) is 7.59. The molecular weight excluding hydrogens is 326 g/mol. The van der Waals surface area contributed by atoms with Gasteiger partial charge in [0.1, 0.15) is 6.61 Å². The molecule has 0 bridgehead atoms. The zero-order valence-electron chi connectivity index (χ0n) is 15.9. The molecule has 1 aliphatic heterocycles. The molecule has 1 N–H and O–H groups in total. The zero-order chi connectivity index (χ0) is 18.0. The van der Waals surface area contributed by atoms with Crippen LogP contribution in [0.3, 0.4) is 0 Å². The number of ether oxygens (including phenoxy) is 2. The molecule has 1 aromatic rings. The standard InChI is InChI=1S/C22H31NO3/c1-2-3-10-25-14-16-4-5-18-12-19(7-6-17(18)11-16)20-8-9-22(13-20)15-26-21(24)23-22/h6-7,12,16,20H,2-5,8-11,13-15H2,1H3,(H,23,24)/t16?,20-,22+/m0/s1. The molecule has 4 heteroatoms. The SMILES string of the molecule is CCCCOCC1CCc2cc([C@H]3CC[C@]4(COC(=O)N4)C3)ccc2C1. The number of nitrogens with one attached hydrogen (secondary N) is 1. The van der Waals surface area contributed by atoms with E-state index < -0.39 is 0 Å². The molecule has 1 amide bonds. The molecule has 4 nitrogen and oxygen atoms in total. The molecule has 1 spiro atoms. The topological polar surface area (TPSA) is 47.6 Å². The number of hydrogen-bond donors (Lipinski definition) is 1. The van der Waals surface area contributed by atoms with Gasteiger partial charge in [-0.25, -0.2) is 4.79 Å². The lowest BCUT2D eigenvalue weighted by atomic mass is 9.82. The number of unbranched alkanes of at least 4 members (excludes halogenated alkanes) is 1. The third-order valence-electron chi connectivity index (χ3n) is 6.48. The molecule has 4 rings (SSSR count). The monoisotopic (exact) mass is 357 g/mol. The van der Waals surface area contributed by atoms with Crippen molar-refractivity contribution in [1.82, 2.24) is 5.32 Å². The van der Waals surface area contributed by atoms with E-state index >= 15 is 0 Å². The van der Waals surface area contributed by atoms with Crippen LogP contribution < -0.4 is 5.32 Å². The minimum Gasteiger partial charge on any atom is -0.447 e. The highest BCUT2D eigenvalue weighted by atomic mass is 16.6. The maximum Gasteiger partial charge on any atom is 0.407 e. The second-order valence-electron chi connectivity index (χ2n) is 8.49. The fraction of sp³-hybridized carbons (Fsp3) is 0.682. The lowest BCUT2D eigenvalue weighted by molar-refractivity contribution is 0.0921. The van der Waals surface area contributed by atoms with Crippen LogP contribution in [0.4, 0.5) is 4.79 Å². The van der Waals surface area contributed by atoms with Gasteiger partial charge in [-0.2, -0.15) is 0 Å². The predicted molar refractivity (Wildman–Crippen MR) is 101 cm³/mol. The van der Waals surface area contributed by atoms with E-state index in [9.17, 15) is 4.79 Å². The quantitative estimate of drug-likeness (QED) is 0.770. The van der Waals surface area contributed by atoms with Crippen LogP contribution in [-0.4, -0.2) is 31.5 Å². The van der Waals surface area contributed by atoms with Gasteiger partial charge in [-0.05, 0) is 73.5 Å². The Morgan fingerprint density at radius 1 is 1.31 bits per heavy atom. The predicted octanol–water partition coefficient (Wildman–Crippen LogP) is 4.35. The highest BCUT2D eigenvalue weighted by Gasteiger charge is 2.46. The van der Waals surface area contributed by atoms with E-state index in [0.29, 0.717) is 18.4 Å². The average molecular weight is 357 g/mol. The number of aryl methyl sites for hydroxylation is 1. The first kappa shape index (κ1) is 17.8. The van der Waals surface area contributed by atoms with Crippen molar-refractivity contribution >= 4 is 6.09 Å². The van der Waals surface area contributed by atoms with Gasteiger partial charge in [0.05, 0.1) is 5.54 Å². The van der Waals surface area contributed by atoms with Crippen LogP contribution in [0.2, 0.25) is 0 Å². The van der Waals surface area contributed by atoms with Crippen LogP contribution in [0.1, 0.15) is 68.1 Å². The summed E-state index contributed by atoms with van der Waals surface area (Å²) in [7, 11) is 0. The van der Waals surface area contributed by atoms with Crippen LogP contribution in [0, 0.1) is 5.92 Å². The summed E-state index contributed by atoms with van der Waals surface area (Å²) in [6, 6.07) is 7.10. The van der Waals surface area contributed by atoms with Gasteiger partial charge in [0.15, 0.2) is 0 Å². The first-order valence-corrected chi connectivity index (χ1v) is 10.3. The number of amides is 1. The molecule has 0 aromatic heterocycles. The Hall–Kier alpha value is -1.55. The molecule has 1 unspecified atom stereocenters. The summed E-state index contributed by atoms with van der Waals surface area (Å²) in [6.07, 6.45) is 8.85. The number of hydrogen-bond acceptors (Lipinski definition) is 3. The Balaban J connectivity index is 1.36. The number of fused-ring (bicyclic) bond motifs is 1. The summed E-state index contributed by atoms with van der Waals surface area (Å²) in [4.78, 5) is 11.4. The number of alkyl carbamates (subject to hydrolysis) is 1. The van der Waals surface area contributed by atoms with Gasteiger partial charge < -0.3 is 14.8 Å². The normalized spacial score (nSPS) is 30.3. The lowest BCUT2D eigenvalue weighted by Gasteiger charge is -2.26. The van der Waals surface area contributed by atoms with Crippen LogP contribution in [0.5, 0.6) is 0 Å². The van der Waals surface area contributed by atoms with Crippen molar-refractivity contribution in [3.63, 3.8) is 0 Å². The van der Waals surface area contributed by atoms with E-state index in [1.165, 1.54) is 42.4 Å². The summed E-state index contributed by atoms with van der Waals surface area (Å²) in [6.45, 7) is 4.55. The maximum atomic E-state index is 11.4. The molecule has 0 radical (unpaired) electrons. The van der Waals surface area contributed by atoms with E-state index in [2.05, 4.69) is 30.4 Å². The number of rotatable bonds is 6. The molecule has 3 atom stereocenters. The van der Waals surface area contributed by atoms with Crippen molar-refractivity contribution in [2.24, 2.45) is 5.92 Å². The van der Waals surface area contributed by atoms with Crippen molar-refractivity contribution in [3.05, 3.63) is 34.9 Å². The Bertz CT molecular complexity index is 659. The summed E-state index contributed by atoms with van der Waals surface area (Å²) >= 11 is 0. The Morgan fingerprint density at radius 2 is 2.23 bits per heavy atom. The molecule has 3 aliphatic rings. The average Bonchev–Trinajstić information content (AvgIpc) is 3.24. The molecular formula is C22H31NO3. The molecule has 1 saturated carbocycles. The largest absolute Gasteiger partial charge is 0.447 e. The molecule has 1 saturated heterocycles. The minimum atomic E-state index is -0.247. The molecule has 2 fully saturated rings. The first-order chi connectivity index (χ1) is 12.7. The van der Waals surface area contributed by atoms with Gasteiger partial charge in [-0.3, -0.25) is 0 Å².